The molecule has 0 fully saturated rings. The third kappa shape index (κ3) is 13.3. The second-order valence-electron chi connectivity index (χ2n) is 2.88. The van der Waals surface area contributed by atoms with Crippen molar-refractivity contribution in [2.75, 3.05) is 26.2 Å². The first kappa shape index (κ1) is 23.1. The van der Waals surface area contributed by atoms with Crippen molar-refractivity contribution in [3.63, 3.8) is 0 Å². The number of hydrogen-bond acceptors (Lipinski definition) is 4. The molecule has 0 aromatic carbocycles. The van der Waals surface area contributed by atoms with Gasteiger partial charge in [0.2, 0.25) is 0 Å². The van der Waals surface area contributed by atoms with Crippen molar-refractivity contribution in [3.05, 3.63) is 0 Å². The van der Waals surface area contributed by atoms with Gasteiger partial charge in [0.25, 0.3) is 0 Å². The first-order valence-corrected chi connectivity index (χ1v) is 6.99. The fraction of sp³-hybridized carbons (Fsp3) is 0.800. The molecule has 0 spiro atoms. The molecule has 0 aromatic rings. The van der Waals surface area contributed by atoms with Crippen LogP contribution in [0.1, 0.15) is 27.7 Å². The summed E-state index contributed by atoms with van der Waals surface area (Å²) in [5.41, 5.74) is 0. The van der Waals surface area contributed by atoms with Crippen LogP contribution in [0.25, 0.3) is 0 Å². The van der Waals surface area contributed by atoms with Gasteiger partial charge in [-0.15, -0.1) is 0 Å². The van der Waals surface area contributed by atoms with Crippen LogP contribution in [0.15, 0.2) is 0 Å². The minimum absolute atomic E-state index is 0. The van der Waals surface area contributed by atoms with Crippen molar-refractivity contribution in [1.82, 2.24) is 9.80 Å². The molecule has 7 heteroatoms. The molecule has 0 bridgehead atoms. The van der Waals surface area contributed by atoms with Gasteiger partial charge in [0, 0.05) is 26.2 Å². The second-order valence-corrected chi connectivity index (χ2v) is 4.94. The maximum atomic E-state index is 4.76. The molecule has 0 amide bonds. The fourth-order valence-corrected chi connectivity index (χ4v) is 2.00. The Morgan fingerprint density at radius 3 is 0.941 bits per heavy atom. The second kappa shape index (κ2) is 15.1. The number of hydrogen-bond donors (Lipinski definition) is 0. The number of thiocarbonyl (C=S) groups is 2. The third-order valence-corrected chi connectivity index (χ3v) is 3.08. The van der Waals surface area contributed by atoms with E-state index >= 15 is 0 Å². The van der Waals surface area contributed by atoms with Crippen LogP contribution < -0.4 is 0 Å². The van der Waals surface area contributed by atoms with Gasteiger partial charge in [-0.05, 0) is 27.7 Å². The van der Waals surface area contributed by atoms with E-state index in [-0.39, 0.29) is 23.9 Å². The zero-order chi connectivity index (χ0) is 13.1. The van der Waals surface area contributed by atoms with Crippen LogP contribution in [-0.4, -0.2) is 68.5 Å². The van der Waals surface area contributed by atoms with E-state index in [1.807, 2.05) is 37.5 Å². The Hall–Kier alpha value is 1.02. The van der Waals surface area contributed by atoms with Crippen molar-refractivity contribution >= 4 is 82.2 Å². The van der Waals surface area contributed by atoms with Gasteiger partial charge in [-0.2, -0.15) is 0 Å². The quantitative estimate of drug-likeness (QED) is 0.391. The van der Waals surface area contributed by atoms with Crippen LogP contribution in [-0.2, 0) is 25.3 Å². The molecule has 0 aliphatic carbocycles. The molecular weight excluding hydrogens is 395 g/mol. The molecule has 98 valence electrons. The van der Waals surface area contributed by atoms with Crippen molar-refractivity contribution in [3.8, 4) is 0 Å². The number of rotatable bonds is 4. The Kier molecular flexibility index (Phi) is 20.5. The fourth-order valence-electron chi connectivity index (χ4n) is 0.964. The Balaban J connectivity index is -0.000000218. The summed E-state index contributed by atoms with van der Waals surface area (Å²) in [5, 5.41) is 0. The average Bonchev–Trinajstić information content (AvgIpc) is 2.21. The van der Waals surface area contributed by atoms with E-state index in [1.54, 1.807) is 0 Å². The first-order valence-electron chi connectivity index (χ1n) is 5.36. The van der Waals surface area contributed by atoms with Gasteiger partial charge in [-0.1, -0.05) is 8.64 Å². The summed E-state index contributed by atoms with van der Waals surface area (Å²) in [6.07, 6.45) is 0. The molecule has 2 radical (unpaired) electrons. The first-order chi connectivity index (χ1) is 7.44. The molecule has 2 nitrogen and oxygen atoms in total. The van der Waals surface area contributed by atoms with Gasteiger partial charge in [0.15, 0.2) is 0 Å². The van der Waals surface area contributed by atoms with Gasteiger partial charge in [0.05, 0.1) is 0 Å². The summed E-state index contributed by atoms with van der Waals surface area (Å²) >= 11 is 19.0. The van der Waals surface area contributed by atoms with Crippen molar-refractivity contribution < 1.29 is 0 Å². The number of nitrogens with zero attached hydrogens (tertiary/aromatic N) is 2. The van der Waals surface area contributed by atoms with Gasteiger partial charge in [-0.3, -0.25) is 0 Å². The van der Waals surface area contributed by atoms with Crippen molar-refractivity contribution in [2.24, 2.45) is 0 Å². The average molecular weight is 415 g/mol. The summed E-state index contributed by atoms with van der Waals surface area (Å²) in [6.45, 7) is 11.9. The smallest absolute Gasteiger partial charge is 0.411 e. The molecule has 0 N–H and O–H groups in total. The summed E-state index contributed by atoms with van der Waals surface area (Å²) in [7, 11) is 0. The van der Waals surface area contributed by atoms with Gasteiger partial charge in [0.1, 0.15) is 0 Å². The summed E-state index contributed by atoms with van der Waals surface area (Å²) in [5.74, 6) is 0. The summed E-state index contributed by atoms with van der Waals surface area (Å²) in [4.78, 5) is 3.93. The maximum absolute atomic E-state index is 4.76. The molecule has 0 aliphatic rings. The van der Waals surface area contributed by atoms with Crippen LogP contribution in [0.3, 0.4) is 0 Å². The van der Waals surface area contributed by atoms with Crippen LogP contribution in [0, 0.1) is 0 Å². The van der Waals surface area contributed by atoms with E-state index in [2.05, 4.69) is 0 Å². The Labute approximate surface area is 145 Å². The normalized spacial score (nSPS) is 8.24. The molecule has 0 unspecified atom stereocenters. The van der Waals surface area contributed by atoms with Crippen molar-refractivity contribution in [2.45, 2.75) is 27.7 Å². The van der Waals surface area contributed by atoms with Crippen LogP contribution in [0.2, 0.25) is 0 Å². The van der Waals surface area contributed by atoms with Gasteiger partial charge < -0.3 is 59.5 Å². The zero-order valence-electron chi connectivity index (χ0n) is 10.9. The predicted molar refractivity (Wildman–Crippen MR) is 91.5 cm³/mol. The summed E-state index contributed by atoms with van der Waals surface area (Å²) < 4.78 is 1.16. The topological polar surface area (TPSA) is 6.48 Å². The van der Waals surface area contributed by atoms with E-state index in [0.717, 1.165) is 26.2 Å². The third-order valence-electron chi connectivity index (χ3n) is 2.04. The van der Waals surface area contributed by atoms with Gasteiger partial charge >= 0.3 is 23.9 Å². The Morgan fingerprint density at radius 1 is 0.765 bits per heavy atom. The molecule has 17 heavy (non-hydrogen) atoms. The standard InChI is InChI=1S/2C5H11NS2.Sn/c2*1-3-6(4-2)5(7)8;/h2*3-4H2,1-2H3,(H,7,8);/q;;+2/p-2. The zero-order valence-corrected chi connectivity index (χ0v) is 17.0. The predicted octanol–water partition coefficient (Wildman–Crippen LogP) is 1.94. The molecular formula is C10H20N2S4Sn. The SMILES string of the molecule is CCN(CC)C(=S)[S-].CCN(CC)C(=S)[S-].[Sn+2]. The molecule has 0 heterocycles. The van der Waals surface area contributed by atoms with Crippen molar-refractivity contribution in [1.29, 1.82) is 0 Å². The van der Waals surface area contributed by atoms with E-state index in [0.29, 0.717) is 8.64 Å². The van der Waals surface area contributed by atoms with Gasteiger partial charge in [-0.25, -0.2) is 0 Å². The van der Waals surface area contributed by atoms with E-state index in [9.17, 15) is 0 Å². The van der Waals surface area contributed by atoms with E-state index in [4.69, 9.17) is 49.7 Å². The maximum Gasteiger partial charge on any atom is 2.00 e. The van der Waals surface area contributed by atoms with Crippen LogP contribution in [0.4, 0.5) is 0 Å². The Morgan fingerprint density at radius 2 is 0.941 bits per heavy atom. The van der Waals surface area contributed by atoms with E-state index in [1.165, 1.54) is 0 Å². The minimum atomic E-state index is 0. The summed E-state index contributed by atoms with van der Waals surface area (Å²) in [6, 6.07) is 0. The largest absolute Gasteiger partial charge is 2.00 e. The molecule has 0 aliphatic heterocycles. The molecule has 0 atom stereocenters. The van der Waals surface area contributed by atoms with Crippen LogP contribution in [0.5, 0.6) is 0 Å². The minimum Gasteiger partial charge on any atom is -0.411 e. The molecule has 0 saturated carbocycles. The monoisotopic (exact) mass is 416 g/mol. The Bertz CT molecular complexity index is 184. The van der Waals surface area contributed by atoms with E-state index < -0.39 is 0 Å². The molecule has 0 rings (SSSR count). The molecule has 0 aromatic heterocycles. The molecule has 0 saturated heterocycles. The van der Waals surface area contributed by atoms with Crippen LogP contribution >= 0.6 is 24.4 Å².